The van der Waals surface area contributed by atoms with E-state index in [1.807, 2.05) is 17.0 Å². The number of carbonyl (C=O) groups is 1. The molecule has 0 heterocycles. The maximum Gasteiger partial charge on any atom is 0.236 e. The largest absolute Gasteiger partial charge is 0.497 e. The van der Waals surface area contributed by atoms with Crippen molar-refractivity contribution in [2.75, 3.05) is 33.8 Å². The van der Waals surface area contributed by atoms with Gasteiger partial charge < -0.3 is 15.0 Å². The van der Waals surface area contributed by atoms with Crippen LogP contribution in [0.1, 0.15) is 26.3 Å². The molecule has 21 heavy (non-hydrogen) atoms. The molecule has 0 saturated heterocycles. The van der Waals surface area contributed by atoms with E-state index in [4.69, 9.17) is 4.74 Å². The van der Waals surface area contributed by atoms with Gasteiger partial charge in [-0.15, -0.1) is 0 Å². The first-order valence-corrected chi connectivity index (χ1v) is 7.41. The molecule has 0 aromatic heterocycles. The van der Waals surface area contributed by atoms with E-state index < -0.39 is 0 Å². The lowest BCUT2D eigenvalue weighted by molar-refractivity contribution is -0.131. The number of carbonyl (C=O) groups excluding carboxylic acids is 1. The van der Waals surface area contributed by atoms with E-state index in [-0.39, 0.29) is 11.3 Å². The van der Waals surface area contributed by atoms with Crippen LogP contribution in [-0.2, 0) is 11.2 Å². The molecule has 1 amide bonds. The van der Waals surface area contributed by atoms with E-state index in [2.05, 4.69) is 38.2 Å². The van der Waals surface area contributed by atoms with Crippen molar-refractivity contribution in [1.29, 1.82) is 0 Å². The van der Waals surface area contributed by atoms with Crippen molar-refractivity contribution in [3.8, 4) is 5.75 Å². The molecule has 0 atom stereocenters. The van der Waals surface area contributed by atoms with Gasteiger partial charge >= 0.3 is 0 Å². The van der Waals surface area contributed by atoms with Crippen molar-refractivity contribution in [3.05, 3.63) is 29.8 Å². The average Bonchev–Trinajstić information content (AvgIpc) is 2.43. The van der Waals surface area contributed by atoms with Crippen molar-refractivity contribution < 1.29 is 9.53 Å². The standard InChI is InChI=1S/C17H28N2O2/c1-17(2,3)13-19(16(20)12-18-4)11-10-14-6-8-15(21-5)9-7-14/h6-9,18H,10-13H2,1-5H3. The van der Waals surface area contributed by atoms with E-state index in [1.54, 1.807) is 14.2 Å². The number of hydrogen-bond acceptors (Lipinski definition) is 3. The fourth-order valence-electron chi connectivity index (χ4n) is 2.18. The summed E-state index contributed by atoms with van der Waals surface area (Å²) in [4.78, 5) is 14.1. The molecule has 1 aromatic carbocycles. The summed E-state index contributed by atoms with van der Waals surface area (Å²) in [6.07, 6.45) is 0.857. The zero-order valence-electron chi connectivity index (χ0n) is 13.9. The average molecular weight is 292 g/mol. The predicted molar refractivity (Wildman–Crippen MR) is 86.7 cm³/mol. The van der Waals surface area contributed by atoms with Crippen LogP contribution in [-0.4, -0.2) is 44.6 Å². The molecule has 1 rings (SSSR count). The molecule has 0 spiro atoms. The van der Waals surface area contributed by atoms with Gasteiger partial charge in [-0.05, 0) is 36.6 Å². The summed E-state index contributed by atoms with van der Waals surface area (Å²) in [5.41, 5.74) is 1.32. The van der Waals surface area contributed by atoms with Gasteiger partial charge in [-0.3, -0.25) is 4.79 Å². The van der Waals surface area contributed by atoms with E-state index in [9.17, 15) is 4.79 Å². The highest BCUT2D eigenvalue weighted by Crippen LogP contribution is 2.17. The van der Waals surface area contributed by atoms with Crippen molar-refractivity contribution >= 4 is 5.91 Å². The second kappa shape index (κ2) is 8.03. The lowest BCUT2D eigenvalue weighted by Crippen LogP contribution is -2.42. The van der Waals surface area contributed by atoms with Crippen LogP contribution in [0.2, 0.25) is 0 Å². The summed E-state index contributed by atoms with van der Waals surface area (Å²) in [6.45, 7) is 8.35. The molecule has 0 aliphatic heterocycles. The second-order valence-electron chi connectivity index (χ2n) is 6.50. The Kier molecular flexibility index (Phi) is 6.69. The van der Waals surface area contributed by atoms with Crippen LogP contribution in [0.5, 0.6) is 5.75 Å². The van der Waals surface area contributed by atoms with Crippen LogP contribution in [0.3, 0.4) is 0 Å². The minimum absolute atomic E-state index is 0.101. The Bertz CT molecular complexity index is 435. The minimum atomic E-state index is 0.101. The molecule has 4 heteroatoms. The van der Waals surface area contributed by atoms with Crippen molar-refractivity contribution in [2.24, 2.45) is 5.41 Å². The maximum atomic E-state index is 12.2. The molecule has 1 N–H and O–H groups in total. The summed E-state index contributed by atoms with van der Waals surface area (Å²) in [6, 6.07) is 8.02. The molecule has 1 aromatic rings. The van der Waals surface area contributed by atoms with Gasteiger partial charge in [-0.2, -0.15) is 0 Å². The molecule has 0 unspecified atom stereocenters. The predicted octanol–water partition coefficient (Wildman–Crippen LogP) is 2.33. The number of likely N-dealkylation sites (N-methyl/N-ethyl adjacent to an activating group) is 1. The van der Waals surface area contributed by atoms with Crippen LogP contribution in [0.15, 0.2) is 24.3 Å². The quantitative estimate of drug-likeness (QED) is 0.838. The molecular formula is C17H28N2O2. The Morgan fingerprint density at radius 2 is 1.86 bits per heavy atom. The van der Waals surface area contributed by atoms with Crippen LogP contribution in [0.4, 0.5) is 0 Å². The Morgan fingerprint density at radius 3 is 2.33 bits per heavy atom. The lowest BCUT2D eigenvalue weighted by atomic mass is 9.95. The first kappa shape index (κ1) is 17.5. The molecule has 4 nitrogen and oxygen atoms in total. The number of amides is 1. The first-order valence-electron chi connectivity index (χ1n) is 7.41. The lowest BCUT2D eigenvalue weighted by Gasteiger charge is -2.30. The molecule has 118 valence electrons. The first-order chi connectivity index (χ1) is 9.85. The number of methoxy groups -OCH3 is 1. The fourth-order valence-corrected chi connectivity index (χ4v) is 2.18. The van der Waals surface area contributed by atoms with Crippen LogP contribution >= 0.6 is 0 Å². The molecule has 0 saturated carbocycles. The number of nitrogens with zero attached hydrogens (tertiary/aromatic N) is 1. The van der Waals surface area contributed by atoms with Crippen molar-refractivity contribution in [3.63, 3.8) is 0 Å². The van der Waals surface area contributed by atoms with Gasteiger partial charge in [0.05, 0.1) is 13.7 Å². The van der Waals surface area contributed by atoms with Crippen LogP contribution < -0.4 is 10.1 Å². The molecule has 0 fully saturated rings. The topological polar surface area (TPSA) is 41.6 Å². The number of ether oxygens (including phenoxy) is 1. The summed E-state index contributed by atoms with van der Waals surface area (Å²) in [5.74, 6) is 1.01. The van der Waals surface area contributed by atoms with E-state index in [1.165, 1.54) is 5.56 Å². The monoisotopic (exact) mass is 292 g/mol. The Labute approximate surface area is 128 Å². The van der Waals surface area contributed by atoms with Gasteiger partial charge in [0.2, 0.25) is 5.91 Å². The summed E-state index contributed by atoms with van der Waals surface area (Å²) in [7, 11) is 3.47. The Balaban J connectivity index is 2.64. The van der Waals surface area contributed by atoms with Gasteiger partial charge in [-0.1, -0.05) is 32.9 Å². The van der Waals surface area contributed by atoms with Gasteiger partial charge in [-0.25, -0.2) is 0 Å². The van der Waals surface area contributed by atoms with E-state index in [0.29, 0.717) is 6.54 Å². The number of hydrogen-bond donors (Lipinski definition) is 1. The molecule has 0 radical (unpaired) electrons. The Hall–Kier alpha value is -1.55. The summed E-state index contributed by atoms with van der Waals surface area (Å²) < 4.78 is 5.16. The molecule has 0 bridgehead atoms. The SMILES string of the molecule is CNCC(=O)N(CCc1ccc(OC)cc1)CC(C)(C)C. The van der Waals surface area contributed by atoms with Gasteiger partial charge in [0.25, 0.3) is 0 Å². The highest BCUT2D eigenvalue weighted by atomic mass is 16.5. The number of nitrogens with one attached hydrogen (secondary N) is 1. The fraction of sp³-hybridized carbons (Fsp3) is 0.588. The van der Waals surface area contributed by atoms with E-state index in [0.717, 1.165) is 25.3 Å². The van der Waals surface area contributed by atoms with Crippen molar-refractivity contribution in [1.82, 2.24) is 10.2 Å². The van der Waals surface area contributed by atoms with E-state index >= 15 is 0 Å². The molecule has 0 aliphatic carbocycles. The summed E-state index contributed by atoms with van der Waals surface area (Å²) in [5, 5.41) is 2.94. The highest BCUT2D eigenvalue weighted by molar-refractivity contribution is 5.78. The van der Waals surface area contributed by atoms with Crippen molar-refractivity contribution in [2.45, 2.75) is 27.2 Å². The van der Waals surface area contributed by atoms with Gasteiger partial charge in [0.1, 0.15) is 5.75 Å². The third-order valence-electron chi connectivity index (χ3n) is 3.18. The van der Waals surface area contributed by atoms with Crippen LogP contribution in [0, 0.1) is 5.41 Å². The number of benzene rings is 1. The Morgan fingerprint density at radius 1 is 1.24 bits per heavy atom. The van der Waals surface area contributed by atoms with Crippen LogP contribution in [0.25, 0.3) is 0 Å². The molecule has 0 aliphatic rings. The van der Waals surface area contributed by atoms with Gasteiger partial charge in [0, 0.05) is 13.1 Å². The maximum absolute atomic E-state index is 12.2. The zero-order chi connectivity index (χ0) is 15.9. The minimum Gasteiger partial charge on any atom is -0.497 e. The summed E-state index contributed by atoms with van der Waals surface area (Å²) >= 11 is 0. The third-order valence-corrected chi connectivity index (χ3v) is 3.18. The second-order valence-corrected chi connectivity index (χ2v) is 6.50. The number of rotatable bonds is 7. The van der Waals surface area contributed by atoms with Gasteiger partial charge in [0.15, 0.2) is 0 Å². The zero-order valence-corrected chi connectivity index (χ0v) is 13.9. The smallest absolute Gasteiger partial charge is 0.236 e. The normalized spacial score (nSPS) is 11.3. The molecular weight excluding hydrogens is 264 g/mol. The highest BCUT2D eigenvalue weighted by Gasteiger charge is 2.20. The third kappa shape index (κ3) is 6.63.